The SMILES string of the molecule is Cc1cc(OC2CCCN(S(=O)(=O)c3ccc(F)cc3C)C2)nc(C)n1. The van der Waals surface area contributed by atoms with Crippen molar-refractivity contribution in [2.24, 2.45) is 0 Å². The molecule has 140 valence electrons. The summed E-state index contributed by atoms with van der Waals surface area (Å²) in [5.74, 6) is 0.621. The zero-order valence-corrected chi connectivity index (χ0v) is 15.9. The number of sulfonamides is 1. The summed E-state index contributed by atoms with van der Waals surface area (Å²) in [5, 5.41) is 0. The highest BCUT2D eigenvalue weighted by Crippen LogP contribution is 2.25. The maximum atomic E-state index is 13.3. The van der Waals surface area contributed by atoms with Crippen LogP contribution in [0.5, 0.6) is 5.88 Å². The largest absolute Gasteiger partial charge is 0.473 e. The van der Waals surface area contributed by atoms with E-state index in [9.17, 15) is 12.8 Å². The van der Waals surface area contributed by atoms with E-state index in [0.717, 1.165) is 12.1 Å². The van der Waals surface area contributed by atoms with Gasteiger partial charge in [0.05, 0.1) is 11.4 Å². The molecule has 1 aliphatic rings. The number of nitrogens with zero attached hydrogens (tertiary/aromatic N) is 3. The third-order valence-electron chi connectivity index (χ3n) is 4.33. The molecule has 1 aliphatic heterocycles. The van der Waals surface area contributed by atoms with Crippen LogP contribution in [0.1, 0.15) is 29.9 Å². The van der Waals surface area contributed by atoms with Crippen molar-refractivity contribution in [2.45, 2.75) is 44.6 Å². The zero-order chi connectivity index (χ0) is 18.9. The van der Waals surface area contributed by atoms with E-state index in [1.54, 1.807) is 19.9 Å². The van der Waals surface area contributed by atoms with Crippen molar-refractivity contribution in [3.05, 3.63) is 47.2 Å². The van der Waals surface area contributed by atoms with E-state index < -0.39 is 15.8 Å². The second kappa shape index (κ2) is 7.28. The van der Waals surface area contributed by atoms with E-state index in [4.69, 9.17) is 4.74 Å². The first kappa shape index (κ1) is 18.7. The summed E-state index contributed by atoms with van der Waals surface area (Å²) >= 11 is 0. The first-order chi connectivity index (χ1) is 12.3. The molecule has 1 unspecified atom stereocenters. The van der Waals surface area contributed by atoms with E-state index in [0.29, 0.717) is 30.2 Å². The van der Waals surface area contributed by atoms with Crippen LogP contribution in [0.2, 0.25) is 0 Å². The monoisotopic (exact) mass is 379 g/mol. The topological polar surface area (TPSA) is 72.4 Å². The number of halogens is 1. The van der Waals surface area contributed by atoms with Gasteiger partial charge in [0.1, 0.15) is 17.7 Å². The molecule has 0 spiro atoms. The molecule has 0 amide bonds. The summed E-state index contributed by atoms with van der Waals surface area (Å²) in [6.45, 7) is 5.90. The number of aryl methyl sites for hydroxylation is 3. The van der Waals surface area contributed by atoms with Crippen LogP contribution in [-0.2, 0) is 10.0 Å². The lowest BCUT2D eigenvalue weighted by Crippen LogP contribution is -2.44. The Balaban J connectivity index is 1.79. The lowest BCUT2D eigenvalue weighted by atomic mass is 10.1. The molecular weight excluding hydrogens is 357 g/mol. The maximum Gasteiger partial charge on any atom is 0.243 e. The van der Waals surface area contributed by atoms with Crippen LogP contribution in [0.15, 0.2) is 29.2 Å². The Morgan fingerprint density at radius 1 is 1.19 bits per heavy atom. The van der Waals surface area contributed by atoms with Crippen molar-refractivity contribution in [3.63, 3.8) is 0 Å². The number of hydrogen-bond donors (Lipinski definition) is 0. The van der Waals surface area contributed by atoms with Gasteiger partial charge in [0, 0.05) is 18.3 Å². The summed E-state index contributed by atoms with van der Waals surface area (Å²) < 4.78 is 46.5. The van der Waals surface area contributed by atoms with Crippen molar-refractivity contribution in [3.8, 4) is 5.88 Å². The predicted octanol–water partition coefficient (Wildman–Crippen LogP) is 2.77. The average Bonchev–Trinajstić information content (AvgIpc) is 2.53. The molecule has 1 aromatic carbocycles. The highest BCUT2D eigenvalue weighted by Gasteiger charge is 2.32. The first-order valence-corrected chi connectivity index (χ1v) is 9.95. The van der Waals surface area contributed by atoms with Crippen molar-refractivity contribution in [1.82, 2.24) is 14.3 Å². The van der Waals surface area contributed by atoms with E-state index in [-0.39, 0.29) is 17.5 Å². The number of aromatic nitrogens is 2. The Labute approximate surface area is 153 Å². The van der Waals surface area contributed by atoms with Crippen LogP contribution in [-0.4, -0.2) is 41.9 Å². The van der Waals surface area contributed by atoms with E-state index >= 15 is 0 Å². The lowest BCUT2D eigenvalue weighted by molar-refractivity contribution is 0.124. The number of rotatable bonds is 4. The summed E-state index contributed by atoms with van der Waals surface area (Å²) in [4.78, 5) is 8.60. The quantitative estimate of drug-likeness (QED) is 0.817. The Morgan fingerprint density at radius 3 is 2.65 bits per heavy atom. The number of hydrogen-bond acceptors (Lipinski definition) is 5. The number of benzene rings is 1. The predicted molar refractivity (Wildman–Crippen MR) is 95.1 cm³/mol. The lowest BCUT2D eigenvalue weighted by Gasteiger charge is -2.32. The van der Waals surface area contributed by atoms with Crippen LogP contribution in [0.25, 0.3) is 0 Å². The van der Waals surface area contributed by atoms with Gasteiger partial charge in [-0.2, -0.15) is 9.29 Å². The molecule has 0 N–H and O–H groups in total. The molecule has 1 saturated heterocycles. The van der Waals surface area contributed by atoms with Gasteiger partial charge in [-0.25, -0.2) is 17.8 Å². The van der Waals surface area contributed by atoms with Gasteiger partial charge in [0.15, 0.2) is 0 Å². The van der Waals surface area contributed by atoms with Gasteiger partial charge >= 0.3 is 0 Å². The molecule has 6 nitrogen and oxygen atoms in total. The minimum atomic E-state index is -3.70. The Morgan fingerprint density at radius 2 is 1.96 bits per heavy atom. The van der Waals surface area contributed by atoms with Gasteiger partial charge in [0.25, 0.3) is 0 Å². The number of ether oxygens (including phenoxy) is 1. The van der Waals surface area contributed by atoms with Gasteiger partial charge < -0.3 is 4.74 Å². The van der Waals surface area contributed by atoms with Crippen LogP contribution >= 0.6 is 0 Å². The molecule has 1 atom stereocenters. The smallest absolute Gasteiger partial charge is 0.243 e. The van der Waals surface area contributed by atoms with Crippen LogP contribution in [0.4, 0.5) is 4.39 Å². The van der Waals surface area contributed by atoms with Gasteiger partial charge in [-0.05, 0) is 57.4 Å². The molecule has 0 saturated carbocycles. The van der Waals surface area contributed by atoms with E-state index in [2.05, 4.69) is 9.97 Å². The molecule has 0 aliphatic carbocycles. The third-order valence-corrected chi connectivity index (χ3v) is 6.35. The van der Waals surface area contributed by atoms with Crippen molar-refractivity contribution in [2.75, 3.05) is 13.1 Å². The van der Waals surface area contributed by atoms with E-state index in [1.807, 2.05) is 6.92 Å². The second-order valence-electron chi connectivity index (χ2n) is 6.55. The highest BCUT2D eigenvalue weighted by atomic mass is 32.2. The summed E-state index contributed by atoms with van der Waals surface area (Å²) in [6, 6.07) is 5.47. The fourth-order valence-electron chi connectivity index (χ4n) is 3.17. The minimum absolute atomic E-state index is 0.133. The summed E-state index contributed by atoms with van der Waals surface area (Å²) in [7, 11) is -3.70. The van der Waals surface area contributed by atoms with Gasteiger partial charge in [-0.15, -0.1) is 0 Å². The summed E-state index contributed by atoms with van der Waals surface area (Å²) in [6.07, 6.45) is 1.15. The second-order valence-corrected chi connectivity index (χ2v) is 8.46. The Kier molecular flexibility index (Phi) is 5.24. The minimum Gasteiger partial charge on any atom is -0.473 e. The molecule has 8 heteroatoms. The molecule has 26 heavy (non-hydrogen) atoms. The Bertz CT molecular complexity index is 898. The molecular formula is C18H22FN3O3S. The van der Waals surface area contributed by atoms with Crippen molar-refractivity contribution in [1.29, 1.82) is 0 Å². The van der Waals surface area contributed by atoms with Crippen LogP contribution in [0, 0.1) is 26.6 Å². The molecule has 2 aromatic rings. The normalized spacial score (nSPS) is 18.7. The van der Waals surface area contributed by atoms with Crippen molar-refractivity contribution >= 4 is 10.0 Å². The van der Waals surface area contributed by atoms with Crippen LogP contribution < -0.4 is 4.74 Å². The molecule has 0 radical (unpaired) electrons. The van der Waals surface area contributed by atoms with Gasteiger partial charge in [-0.3, -0.25) is 0 Å². The highest BCUT2D eigenvalue weighted by molar-refractivity contribution is 7.89. The molecule has 0 bridgehead atoms. The molecule has 2 heterocycles. The van der Waals surface area contributed by atoms with Gasteiger partial charge in [-0.1, -0.05) is 0 Å². The fraction of sp³-hybridized carbons (Fsp3) is 0.444. The maximum absolute atomic E-state index is 13.3. The molecule has 1 fully saturated rings. The molecule has 3 rings (SSSR count). The molecule has 1 aromatic heterocycles. The fourth-order valence-corrected chi connectivity index (χ4v) is 4.89. The van der Waals surface area contributed by atoms with Crippen LogP contribution in [0.3, 0.4) is 0 Å². The summed E-state index contributed by atoms with van der Waals surface area (Å²) in [5.41, 5.74) is 1.20. The average molecular weight is 379 g/mol. The van der Waals surface area contributed by atoms with Gasteiger partial charge in [0.2, 0.25) is 15.9 Å². The first-order valence-electron chi connectivity index (χ1n) is 8.51. The van der Waals surface area contributed by atoms with E-state index in [1.165, 1.54) is 22.5 Å². The Hall–Kier alpha value is -2.06. The van der Waals surface area contributed by atoms with Crippen molar-refractivity contribution < 1.29 is 17.5 Å². The zero-order valence-electron chi connectivity index (χ0n) is 15.1. The standard InChI is InChI=1S/C18H22FN3O3S/c1-12-9-15(19)6-7-17(12)26(23,24)22-8-4-5-16(11-22)25-18-10-13(2)20-14(3)21-18/h6-7,9-10,16H,4-5,8,11H2,1-3H3. The third kappa shape index (κ3) is 4.02. The number of piperidine rings is 1.